The minimum absolute atomic E-state index is 0.0596. The van der Waals surface area contributed by atoms with Crippen LogP contribution in [0, 0.1) is 0 Å². The zero-order valence-electron chi connectivity index (χ0n) is 20.7. The van der Waals surface area contributed by atoms with E-state index in [2.05, 4.69) is 20.6 Å². The standard InChI is InChI=1S/C24H30F2N6O4/c1-14(2)32-13-24(25,26)22(34)31(3)18-12-27-23(30-20(18)32)29-17-6-5-15(11-19(17)35-4)21(33)28-16-7-9-36-10-8-16/h5-6,11-12,14,16H,7-10,13H2,1-4H3,(H,28,33)(H,27,29,30). The summed E-state index contributed by atoms with van der Waals surface area (Å²) < 4.78 is 39.9. The number of benzene rings is 1. The first-order chi connectivity index (χ1) is 17.1. The first-order valence-electron chi connectivity index (χ1n) is 11.7. The minimum atomic E-state index is -3.57. The fraction of sp³-hybridized carbons (Fsp3) is 0.500. The Morgan fingerprint density at radius 3 is 2.67 bits per heavy atom. The van der Waals surface area contributed by atoms with Gasteiger partial charge in [-0.3, -0.25) is 9.59 Å². The van der Waals surface area contributed by atoms with Crippen molar-refractivity contribution in [3.05, 3.63) is 30.0 Å². The fourth-order valence-corrected chi connectivity index (χ4v) is 4.18. The zero-order valence-corrected chi connectivity index (χ0v) is 20.7. The van der Waals surface area contributed by atoms with Gasteiger partial charge in [-0.25, -0.2) is 4.98 Å². The van der Waals surface area contributed by atoms with Gasteiger partial charge in [0.2, 0.25) is 5.95 Å². The Hall–Kier alpha value is -3.54. The molecule has 2 amide bonds. The number of hydrogen-bond donors (Lipinski definition) is 2. The van der Waals surface area contributed by atoms with E-state index in [0.29, 0.717) is 30.2 Å². The van der Waals surface area contributed by atoms with Gasteiger partial charge in [-0.15, -0.1) is 0 Å². The molecule has 2 N–H and O–H groups in total. The molecule has 2 aliphatic rings. The highest BCUT2D eigenvalue weighted by Crippen LogP contribution is 2.37. The summed E-state index contributed by atoms with van der Waals surface area (Å²) in [7, 11) is 2.75. The number of halogens is 2. The van der Waals surface area contributed by atoms with Crippen molar-refractivity contribution in [1.82, 2.24) is 15.3 Å². The Kier molecular flexibility index (Phi) is 7.25. The molecule has 1 saturated heterocycles. The van der Waals surface area contributed by atoms with Crippen molar-refractivity contribution < 1.29 is 27.8 Å². The van der Waals surface area contributed by atoms with Crippen LogP contribution in [0.4, 0.5) is 31.9 Å². The second kappa shape index (κ2) is 10.2. The molecule has 12 heteroatoms. The summed E-state index contributed by atoms with van der Waals surface area (Å²) in [6, 6.07) is 4.63. The van der Waals surface area contributed by atoms with Crippen LogP contribution in [0.5, 0.6) is 5.75 Å². The third kappa shape index (κ3) is 5.18. The number of aromatic nitrogens is 2. The number of nitrogens with one attached hydrogen (secondary N) is 2. The first-order valence-corrected chi connectivity index (χ1v) is 11.7. The smallest absolute Gasteiger partial charge is 0.342 e. The lowest BCUT2D eigenvalue weighted by Crippen LogP contribution is -2.47. The van der Waals surface area contributed by atoms with Gasteiger partial charge < -0.3 is 29.9 Å². The van der Waals surface area contributed by atoms with E-state index >= 15 is 0 Å². The third-order valence-electron chi connectivity index (χ3n) is 6.26. The highest BCUT2D eigenvalue weighted by molar-refractivity contribution is 6.02. The average Bonchev–Trinajstić information content (AvgIpc) is 2.93. The fourth-order valence-electron chi connectivity index (χ4n) is 4.18. The van der Waals surface area contributed by atoms with Gasteiger partial charge in [0.05, 0.1) is 25.5 Å². The molecular weight excluding hydrogens is 474 g/mol. The number of rotatable bonds is 6. The number of fused-ring (bicyclic) bond motifs is 1. The van der Waals surface area contributed by atoms with Gasteiger partial charge in [-0.05, 0) is 44.9 Å². The van der Waals surface area contributed by atoms with Crippen LogP contribution in [0.3, 0.4) is 0 Å². The molecule has 2 aromatic rings. The molecule has 3 heterocycles. The Balaban J connectivity index is 1.59. The van der Waals surface area contributed by atoms with E-state index in [1.54, 1.807) is 32.0 Å². The molecule has 0 unspecified atom stereocenters. The predicted octanol–water partition coefficient (Wildman–Crippen LogP) is 2.96. The van der Waals surface area contributed by atoms with Gasteiger partial charge in [0.15, 0.2) is 5.82 Å². The second-order valence-electron chi connectivity index (χ2n) is 9.09. The third-order valence-corrected chi connectivity index (χ3v) is 6.26. The molecule has 1 aromatic heterocycles. The normalized spacial score (nSPS) is 18.0. The van der Waals surface area contributed by atoms with Crippen LogP contribution in [-0.4, -0.2) is 73.7 Å². The summed E-state index contributed by atoms with van der Waals surface area (Å²) in [5, 5.41) is 6.04. The van der Waals surface area contributed by atoms with Crippen molar-refractivity contribution in [2.75, 3.05) is 49.0 Å². The van der Waals surface area contributed by atoms with Crippen LogP contribution >= 0.6 is 0 Å². The molecule has 10 nitrogen and oxygen atoms in total. The molecule has 36 heavy (non-hydrogen) atoms. The van der Waals surface area contributed by atoms with Crippen molar-refractivity contribution in [3.8, 4) is 5.75 Å². The summed E-state index contributed by atoms with van der Waals surface area (Å²) in [6.45, 7) is 3.94. The lowest BCUT2D eigenvalue weighted by atomic mass is 10.1. The van der Waals surface area contributed by atoms with E-state index in [1.807, 2.05) is 0 Å². The first kappa shape index (κ1) is 25.5. The Labute approximate surface area is 208 Å². The van der Waals surface area contributed by atoms with Crippen LogP contribution in [0.2, 0.25) is 0 Å². The lowest BCUT2D eigenvalue weighted by Gasteiger charge is -2.29. The number of ether oxygens (including phenoxy) is 2. The Morgan fingerprint density at radius 2 is 2.00 bits per heavy atom. The van der Waals surface area contributed by atoms with E-state index in [4.69, 9.17) is 9.47 Å². The van der Waals surface area contributed by atoms with Crippen LogP contribution in [0.15, 0.2) is 24.4 Å². The second-order valence-corrected chi connectivity index (χ2v) is 9.09. The molecule has 0 radical (unpaired) electrons. The van der Waals surface area contributed by atoms with E-state index in [-0.39, 0.29) is 35.4 Å². The summed E-state index contributed by atoms with van der Waals surface area (Å²) in [5.74, 6) is -4.38. The number of anilines is 4. The van der Waals surface area contributed by atoms with Crippen LogP contribution in [-0.2, 0) is 9.53 Å². The molecule has 194 valence electrons. The highest BCUT2D eigenvalue weighted by Gasteiger charge is 2.47. The monoisotopic (exact) mass is 504 g/mol. The number of carbonyl (C=O) groups is 2. The predicted molar refractivity (Wildman–Crippen MR) is 130 cm³/mol. The molecule has 4 rings (SSSR count). The van der Waals surface area contributed by atoms with E-state index in [0.717, 1.165) is 17.7 Å². The van der Waals surface area contributed by atoms with Crippen molar-refractivity contribution in [2.45, 2.75) is 44.7 Å². The van der Waals surface area contributed by atoms with Crippen molar-refractivity contribution >= 4 is 35.0 Å². The maximum Gasteiger partial charge on any atom is 0.342 e. The molecule has 0 bridgehead atoms. The highest BCUT2D eigenvalue weighted by atomic mass is 19.3. The topological polar surface area (TPSA) is 109 Å². The van der Waals surface area contributed by atoms with Gasteiger partial charge in [-0.2, -0.15) is 13.8 Å². The van der Waals surface area contributed by atoms with Crippen molar-refractivity contribution in [2.24, 2.45) is 0 Å². The van der Waals surface area contributed by atoms with Gasteiger partial charge in [-0.1, -0.05) is 0 Å². The van der Waals surface area contributed by atoms with Crippen LogP contribution in [0.1, 0.15) is 37.0 Å². The summed E-state index contributed by atoms with van der Waals surface area (Å²) in [4.78, 5) is 35.9. The lowest BCUT2D eigenvalue weighted by molar-refractivity contribution is -0.140. The summed E-state index contributed by atoms with van der Waals surface area (Å²) in [5.41, 5.74) is 1.10. The SMILES string of the molecule is COc1cc(C(=O)NC2CCOCC2)ccc1Nc1ncc2c(n1)N(C(C)C)CC(F)(F)C(=O)N2C. The molecule has 2 aliphatic heterocycles. The number of nitrogens with zero attached hydrogens (tertiary/aromatic N) is 4. The number of methoxy groups -OCH3 is 1. The minimum Gasteiger partial charge on any atom is -0.495 e. The maximum absolute atomic E-state index is 14.5. The average molecular weight is 505 g/mol. The van der Waals surface area contributed by atoms with Crippen molar-refractivity contribution in [1.29, 1.82) is 0 Å². The Bertz CT molecular complexity index is 1140. The van der Waals surface area contributed by atoms with Gasteiger partial charge in [0.1, 0.15) is 11.4 Å². The van der Waals surface area contributed by atoms with Gasteiger partial charge >= 0.3 is 5.92 Å². The van der Waals surface area contributed by atoms with E-state index < -0.39 is 18.4 Å². The molecular formula is C24H30F2N6O4. The quantitative estimate of drug-likeness (QED) is 0.618. The molecule has 1 aromatic carbocycles. The molecule has 0 atom stereocenters. The molecule has 0 aliphatic carbocycles. The summed E-state index contributed by atoms with van der Waals surface area (Å²) in [6.07, 6.45) is 2.86. The number of carbonyl (C=O) groups excluding carboxylic acids is 2. The van der Waals surface area contributed by atoms with Crippen LogP contribution in [0.25, 0.3) is 0 Å². The zero-order chi connectivity index (χ0) is 26.0. The Morgan fingerprint density at radius 1 is 1.28 bits per heavy atom. The van der Waals surface area contributed by atoms with Crippen LogP contribution < -0.4 is 25.2 Å². The molecule has 0 spiro atoms. The largest absolute Gasteiger partial charge is 0.495 e. The maximum atomic E-state index is 14.5. The number of amides is 2. The molecule has 1 fully saturated rings. The van der Waals surface area contributed by atoms with Crippen molar-refractivity contribution in [3.63, 3.8) is 0 Å². The summed E-state index contributed by atoms with van der Waals surface area (Å²) >= 11 is 0. The van der Waals surface area contributed by atoms with Gasteiger partial charge in [0.25, 0.3) is 11.8 Å². The van der Waals surface area contributed by atoms with E-state index in [1.165, 1.54) is 25.3 Å². The molecule has 0 saturated carbocycles. The van der Waals surface area contributed by atoms with E-state index in [9.17, 15) is 18.4 Å². The number of alkyl halides is 2. The van der Waals surface area contributed by atoms with Gasteiger partial charge in [0, 0.05) is 37.9 Å². The number of hydrogen-bond acceptors (Lipinski definition) is 8.